The van der Waals surface area contributed by atoms with Crippen molar-refractivity contribution >= 4 is 51.1 Å². The van der Waals surface area contributed by atoms with Crippen LogP contribution < -0.4 is 10.6 Å². The summed E-state index contributed by atoms with van der Waals surface area (Å²) in [6, 6.07) is 9.80. The predicted molar refractivity (Wildman–Crippen MR) is 123 cm³/mol. The van der Waals surface area contributed by atoms with Crippen LogP contribution in [0.1, 0.15) is 41.3 Å². The van der Waals surface area contributed by atoms with Crippen molar-refractivity contribution in [2.45, 2.75) is 33.6 Å². The van der Waals surface area contributed by atoms with E-state index in [-0.39, 0.29) is 19.4 Å². The molecule has 0 saturated heterocycles. The lowest BCUT2D eigenvalue weighted by atomic mass is 10.1. The number of anilines is 2. The van der Waals surface area contributed by atoms with E-state index in [1.165, 1.54) is 12.1 Å². The van der Waals surface area contributed by atoms with Crippen LogP contribution in [0.25, 0.3) is 0 Å². The van der Waals surface area contributed by atoms with Crippen LogP contribution in [0.5, 0.6) is 0 Å². The molecule has 0 unspecified atom stereocenters. The minimum atomic E-state index is -0.656. The Hall–Kier alpha value is -3.20. The molecule has 9 heteroatoms. The Kier molecular flexibility index (Phi) is 9.39. The summed E-state index contributed by atoms with van der Waals surface area (Å²) in [6.45, 7) is 5.36. The highest BCUT2D eigenvalue weighted by Crippen LogP contribution is 2.25. The summed E-state index contributed by atoms with van der Waals surface area (Å²) >= 11 is 3.43. The van der Waals surface area contributed by atoms with Crippen molar-refractivity contribution in [2.75, 3.05) is 23.8 Å². The van der Waals surface area contributed by atoms with Gasteiger partial charge in [-0.15, -0.1) is 0 Å². The van der Waals surface area contributed by atoms with Gasteiger partial charge in [0.2, 0.25) is 5.91 Å². The summed E-state index contributed by atoms with van der Waals surface area (Å²) in [5, 5.41) is 5.33. The molecule has 2 N–H and O–H groups in total. The smallest absolute Gasteiger partial charge is 0.338 e. The lowest BCUT2D eigenvalue weighted by molar-refractivity contribution is -0.147. The summed E-state index contributed by atoms with van der Waals surface area (Å²) in [6.07, 6.45) is -0.276. The third-order valence-electron chi connectivity index (χ3n) is 4.60. The maximum absolute atomic E-state index is 12.0. The van der Waals surface area contributed by atoms with Crippen LogP contribution >= 0.6 is 15.9 Å². The molecule has 0 aliphatic heterocycles. The minimum Gasteiger partial charge on any atom is -0.462 e. The fourth-order valence-electron chi connectivity index (χ4n) is 2.67. The van der Waals surface area contributed by atoms with E-state index >= 15 is 0 Å². The highest BCUT2D eigenvalue weighted by Gasteiger charge is 2.13. The molecule has 0 fully saturated rings. The zero-order valence-corrected chi connectivity index (χ0v) is 19.7. The number of carbonyl (C=O) groups excluding carboxylic acids is 4. The van der Waals surface area contributed by atoms with Gasteiger partial charge in [0.15, 0.2) is 6.61 Å². The first-order chi connectivity index (χ1) is 15.2. The summed E-state index contributed by atoms with van der Waals surface area (Å²) < 4.78 is 10.8. The van der Waals surface area contributed by atoms with Crippen molar-refractivity contribution in [3.05, 3.63) is 57.6 Å². The highest BCUT2D eigenvalue weighted by atomic mass is 79.9. The number of rotatable bonds is 9. The molecule has 32 heavy (non-hydrogen) atoms. The number of halogens is 1. The molecule has 2 amide bonds. The van der Waals surface area contributed by atoms with E-state index in [4.69, 9.17) is 9.47 Å². The van der Waals surface area contributed by atoms with Crippen LogP contribution in [-0.4, -0.2) is 37.0 Å². The van der Waals surface area contributed by atoms with E-state index in [0.717, 1.165) is 15.6 Å². The van der Waals surface area contributed by atoms with E-state index in [1.807, 2.05) is 19.9 Å². The van der Waals surface area contributed by atoms with Gasteiger partial charge in [-0.3, -0.25) is 14.4 Å². The Bertz CT molecular complexity index is 1000. The van der Waals surface area contributed by atoms with Gasteiger partial charge in [-0.1, -0.05) is 15.9 Å². The number of nitrogens with one attached hydrogen (secondary N) is 2. The average Bonchev–Trinajstić information content (AvgIpc) is 2.77. The third kappa shape index (κ3) is 7.49. The van der Waals surface area contributed by atoms with Crippen LogP contribution in [0.2, 0.25) is 0 Å². The number of hydrogen-bond acceptors (Lipinski definition) is 6. The quantitative estimate of drug-likeness (QED) is 0.496. The van der Waals surface area contributed by atoms with Crippen LogP contribution in [0.4, 0.5) is 11.4 Å². The molecule has 2 aromatic carbocycles. The Morgan fingerprint density at radius 1 is 0.844 bits per heavy atom. The van der Waals surface area contributed by atoms with Crippen molar-refractivity contribution < 1.29 is 28.7 Å². The average molecular weight is 505 g/mol. The van der Waals surface area contributed by atoms with Gasteiger partial charge in [-0.05, 0) is 68.3 Å². The molecule has 0 bridgehead atoms. The van der Waals surface area contributed by atoms with Crippen molar-refractivity contribution in [3.8, 4) is 0 Å². The molecule has 0 aromatic heterocycles. The summed E-state index contributed by atoms with van der Waals surface area (Å²) in [5.74, 6) is -1.95. The van der Waals surface area contributed by atoms with Gasteiger partial charge in [0.05, 0.1) is 18.6 Å². The molecule has 2 rings (SSSR count). The molecule has 0 aliphatic carbocycles. The van der Waals surface area contributed by atoms with E-state index in [0.29, 0.717) is 16.9 Å². The number of benzene rings is 2. The molecule has 0 aliphatic rings. The second-order valence-corrected chi connectivity index (χ2v) is 7.75. The zero-order valence-electron chi connectivity index (χ0n) is 18.1. The van der Waals surface area contributed by atoms with Gasteiger partial charge >= 0.3 is 11.9 Å². The highest BCUT2D eigenvalue weighted by molar-refractivity contribution is 9.10. The van der Waals surface area contributed by atoms with E-state index in [9.17, 15) is 19.2 Å². The molecule has 0 saturated carbocycles. The number of amides is 2. The fourth-order valence-corrected chi connectivity index (χ4v) is 3.10. The maximum atomic E-state index is 12.0. The first-order valence-electron chi connectivity index (χ1n) is 9.99. The number of carbonyl (C=O) groups is 4. The van der Waals surface area contributed by atoms with Gasteiger partial charge in [0.1, 0.15) is 0 Å². The van der Waals surface area contributed by atoms with Crippen molar-refractivity contribution in [3.63, 3.8) is 0 Å². The number of hydrogen-bond donors (Lipinski definition) is 2. The van der Waals surface area contributed by atoms with Crippen LogP contribution in [-0.2, 0) is 23.9 Å². The molecule has 0 atom stereocenters. The SMILES string of the molecule is CCOC(=O)c1ccc(NC(=O)CCC(=O)OCC(=O)Nc2ccc(Br)c(C)c2C)cc1. The van der Waals surface area contributed by atoms with Crippen LogP contribution in [0.15, 0.2) is 40.9 Å². The molecule has 0 spiro atoms. The molecule has 8 nitrogen and oxygen atoms in total. The Labute approximate surface area is 194 Å². The van der Waals surface area contributed by atoms with Gasteiger partial charge in [-0.2, -0.15) is 0 Å². The largest absolute Gasteiger partial charge is 0.462 e. The standard InChI is InChI=1S/C23H25BrN2O6/c1-4-31-23(30)16-5-7-17(8-6-16)25-20(27)11-12-22(29)32-13-21(28)26-19-10-9-18(24)14(2)15(19)3/h5-10H,4,11-13H2,1-3H3,(H,25,27)(H,26,28). The monoisotopic (exact) mass is 504 g/mol. The topological polar surface area (TPSA) is 111 Å². The van der Waals surface area contributed by atoms with Crippen LogP contribution in [0.3, 0.4) is 0 Å². The first kappa shape index (κ1) is 25.1. The second kappa shape index (κ2) is 12.0. The van der Waals surface area contributed by atoms with Crippen molar-refractivity contribution in [1.82, 2.24) is 0 Å². The van der Waals surface area contributed by atoms with E-state index in [2.05, 4.69) is 26.6 Å². The summed E-state index contributed by atoms with van der Waals surface area (Å²) in [5.41, 5.74) is 3.41. The Balaban J connectivity index is 1.73. The van der Waals surface area contributed by atoms with E-state index in [1.54, 1.807) is 25.1 Å². The van der Waals surface area contributed by atoms with Gasteiger partial charge in [-0.25, -0.2) is 4.79 Å². The van der Waals surface area contributed by atoms with E-state index < -0.39 is 30.4 Å². The molecule has 0 radical (unpaired) electrons. The van der Waals surface area contributed by atoms with Gasteiger partial charge in [0, 0.05) is 22.3 Å². The summed E-state index contributed by atoms with van der Waals surface area (Å²) in [7, 11) is 0. The molecule has 0 heterocycles. The second-order valence-electron chi connectivity index (χ2n) is 6.90. The fraction of sp³-hybridized carbons (Fsp3) is 0.304. The molecule has 170 valence electrons. The zero-order chi connectivity index (χ0) is 23.7. The Morgan fingerprint density at radius 3 is 2.19 bits per heavy atom. The molecular formula is C23H25BrN2O6. The van der Waals surface area contributed by atoms with Gasteiger partial charge < -0.3 is 20.1 Å². The third-order valence-corrected chi connectivity index (χ3v) is 5.45. The lowest BCUT2D eigenvalue weighted by Crippen LogP contribution is -2.22. The summed E-state index contributed by atoms with van der Waals surface area (Å²) in [4.78, 5) is 47.6. The number of ether oxygens (including phenoxy) is 2. The molecule has 2 aromatic rings. The first-order valence-corrected chi connectivity index (χ1v) is 10.8. The minimum absolute atomic E-state index is 0.106. The predicted octanol–water partition coefficient (Wildman–Crippen LogP) is 4.14. The maximum Gasteiger partial charge on any atom is 0.338 e. The molecular weight excluding hydrogens is 480 g/mol. The van der Waals surface area contributed by atoms with Gasteiger partial charge in [0.25, 0.3) is 5.91 Å². The number of esters is 2. The van der Waals surface area contributed by atoms with Crippen LogP contribution in [0, 0.1) is 13.8 Å². The lowest BCUT2D eigenvalue weighted by Gasteiger charge is -2.12. The van der Waals surface area contributed by atoms with Crippen molar-refractivity contribution in [1.29, 1.82) is 0 Å². The normalized spacial score (nSPS) is 10.2. The Morgan fingerprint density at radius 2 is 1.53 bits per heavy atom. The van der Waals surface area contributed by atoms with Crippen molar-refractivity contribution in [2.24, 2.45) is 0 Å².